The van der Waals surface area contributed by atoms with Crippen LogP contribution in [0.15, 0.2) is 40.9 Å². The second-order valence-corrected chi connectivity index (χ2v) is 5.24. The van der Waals surface area contributed by atoms with Gasteiger partial charge in [-0.3, -0.25) is 10.1 Å². The number of benzene rings is 2. The third-order valence-electron chi connectivity index (χ3n) is 2.50. The van der Waals surface area contributed by atoms with Crippen LogP contribution >= 0.6 is 15.9 Å². The first-order valence-corrected chi connectivity index (χ1v) is 6.44. The van der Waals surface area contributed by atoms with E-state index in [0.29, 0.717) is 16.0 Å². The molecule has 19 heavy (non-hydrogen) atoms. The van der Waals surface area contributed by atoms with Crippen LogP contribution < -0.4 is 4.74 Å². The van der Waals surface area contributed by atoms with Crippen molar-refractivity contribution in [1.29, 1.82) is 0 Å². The quantitative estimate of drug-likeness (QED) is 0.604. The van der Waals surface area contributed by atoms with E-state index in [1.54, 1.807) is 6.07 Å². The summed E-state index contributed by atoms with van der Waals surface area (Å²) < 4.78 is 6.29. The van der Waals surface area contributed by atoms with Crippen LogP contribution in [0.3, 0.4) is 0 Å². The van der Waals surface area contributed by atoms with E-state index in [0.717, 1.165) is 11.1 Å². The topological polar surface area (TPSA) is 52.4 Å². The number of non-ortho nitro benzene ring substituents is 1. The smallest absolute Gasteiger partial charge is 0.274 e. The lowest BCUT2D eigenvalue weighted by atomic mass is 10.1. The van der Waals surface area contributed by atoms with Crippen molar-refractivity contribution in [1.82, 2.24) is 0 Å². The molecule has 0 N–H and O–H groups in total. The van der Waals surface area contributed by atoms with Gasteiger partial charge in [-0.1, -0.05) is 22.0 Å². The first kappa shape index (κ1) is 13.5. The molecule has 0 radical (unpaired) electrons. The molecule has 0 aliphatic rings. The Balaban J connectivity index is 2.35. The number of hydrogen-bond donors (Lipinski definition) is 0. The monoisotopic (exact) mass is 321 g/mol. The highest BCUT2D eigenvalue weighted by atomic mass is 79.9. The highest BCUT2D eigenvalue weighted by molar-refractivity contribution is 9.10. The molecule has 0 atom stereocenters. The highest BCUT2D eigenvalue weighted by Gasteiger charge is 2.10. The van der Waals surface area contributed by atoms with Crippen molar-refractivity contribution in [2.24, 2.45) is 0 Å². The maximum Gasteiger partial charge on any atom is 0.274 e. The molecule has 2 rings (SSSR count). The summed E-state index contributed by atoms with van der Waals surface area (Å²) in [5, 5.41) is 10.8. The maximum atomic E-state index is 10.8. The average molecular weight is 322 g/mol. The molecule has 5 heteroatoms. The summed E-state index contributed by atoms with van der Waals surface area (Å²) in [5.74, 6) is 1.11. The number of rotatable bonds is 3. The molecule has 2 aromatic carbocycles. The molecule has 0 spiro atoms. The summed E-state index contributed by atoms with van der Waals surface area (Å²) in [5.41, 5.74) is 2.16. The second-order valence-electron chi connectivity index (χ2n) is 4.33. The average Bonchev–Trinajstić information content (AvgIpc) is 2.26. The first-order valence-electron chi connectivity index (χ1n) is 5.65. The molecule has 0 saturated heterocycles. The van der Waals surface area contributed by atoms with Gasteiger partial charge in [-0.15, -0.1) is 0 Å². The molecule has 0 aliphatic heterocycles. The number of aryl methyl sites for hydroxylation is 2. The van der Waals surface area contributed by atoms with Crippen molar-refractivity contribution in [3.05, 3.63) is 62.1 Å². The normalized spacial score (nSPS) is 10.3. The number of hydrogen-bond acceptors (Lipinski definition) is 3. The number of nitrogens with zero attached hydrogens (tertiary/aromatic N) is 1. The van der Waals surface area contributed by atoms with Crippen LogP contribution in [0.5, 0.6) is 11.5 Å². The second kappa shape index (κ2) is 5.40. The van der Waals surface area contributed by atoms with Crippen LogP contribution in [-0.4, -0.2) is 4.92 Å². The predicted molar refractivity (Wildman–Crippen MR) is 76.8 cm³/mol. The van der Waals surface area contributed by atoms with Crippen molar-refractivity contribution >= 4 is 21.6 Å². The van der Waals surface area contributed by atoms with E-state index < -0.39 is 4.92 Å². The fourth-order valence-electron chi connectivity index (χ4n) is 1.84. The van der Waals surface area contributed by atoms with Gasteiger partial charge in [0.2, 0.25) is 0 Å². The van der Waals surface area contributed by atoms with Crippen molar-refractivity contribution in [3.63, 3.8) is 0 Å². The summed E-state index contributed by atoms with van der Waals surface area (Å²) >= 11 is 3.24. The number of nitro groups is 1. The third-order valence-corrected chi connectivity index (χ3v) is 2.96. The Morgan fingerprint density at radius 3 is 2.16 bits per heavy atom. The number of nitro benzene ring substituents is 1. The van der Waals surface area contributed by atoms with Crippen LogP contribution in [0.25, 0.3) is 0 Å². The van der Waals surface area contributed by atoms with E-state index in [4.69, 9.17) is 4.74 Å². The van der Waals surface area contributed by atoms with Crippen LogP contribution in [0.2, 0.25) is 0 Å². The Hall–Kier alpha value is -1.88. The number of halogens is 1. The van der Waals surface area contributed by atoms with E-state index in [2.05, 4.69) is 15.9 Å². The van der Waals surface area contributed by atoms with Crippen LogP contribution in [0.4, 0.5) is 5.69 Å². The molecular weight excluding hydrogens is 310 g/mol. The highest BCUT2D eigenvalue weighted by Crippen LogP contribution is 2.30. The van der Waals surface area contributed by atoms with Gasteiger partial charge in [0.05, 0.1) is 11.0 Å². The minimum atomic E-state index is -0.445. The van der Waals surface area contributed by atoms with E-state index in [9.17, 15) is 10.1 Å². The van der Waals surface area contributed by atoms with Crippen molar-refractivity contribution in [2.45, 2.75) is 13.8 Å². The molecule has 0 fully saturated rings. The molecule has 4 nitrogen and oxygen atoms in total. The molecule has 98 valence electrons. The lowest BCUT2D eigenvalue weighted by molar-refractivity contribution is -0.385. The molecule has 0 bridgehead atoms. The third kappa shape index (κ3) is 3.54. The zero-order chi connectivity index (χ0) is 14.0. The fourth-order valence-corrected chi connectivity index (χ4v) is 2.30. The van der Waals surface area contributed by atoms with Gasteiger partial charge < -0.3 is 4.74 Å². The van der Waals surface area contributed by atoms with Crippen molar-refractivity contribution < 1.29 is 9.66 Å². The molecule has 0 saturated carbocycles. The van der Waals surface area contributed by atoms with E-state index in [-0.39, 0.29) is 5.69 Å². The molecule has 0 amide bonds. The molecule has 0 heterocycles. The summed E-state index contributed by atoms with van der Waals surface area (Å²) in [6, 6.07) is 10.4. The standard InChI is InChI=1S/C14H12BrNO3/c1-9-3-10(2)5-13(4-9)19-14-7-11(15)6-12(8-14)16(17)18/h3-8H,1-2H3. The Kier molecular flexibility index (Phi) is 3.85. The Morgan fingerprint density at radius 1 is 1.00 bits per heavy atom. The lowest BCUT2D eigenvalue weighted by Crippen LogP contribution is -1.91. The fraction of sp³-hybridized carbons (Fsp3) is 0.143. The summed E-state index contributed by atoms with van der Waals surface area (Å²) in [7, 11) is 0. The minimum Gasteiger partial charge on any atom is -0.457 e. The number of ether oxygens (including phenoxy) is 1. The lowest BCUT2D eigenvalue weighted by Gasteiger charge is -2.08. The first-order chi connectivity index (χ1) is 8.94. The van der Waals surface area contributed by atoms with Gasteiger partial charge in [-0.05, 0) is 43.2 Å². The van der Waals surface area contributed by atoms with E-state index in [1.807, 2.05) is 32.0 Å². The van der Waals surface area contributed by atoms with Gasteiger partial charge >= 0.3 is 0 Å². The van der Waals surface area contributed by atoms with E-state index >= 15 is 0 Å². The summed E-state index contributed by atoms with van der Waals surface area (Å²) in [6.07, 6.45) is 0. The van der Waals surface area contributed by atoms with Gasteiger partial charge in [0.15, 0.2) is 0 Å². The zero-order valence-electron chi connectivity index (χ0n) is 10.5. The van der Waals surface area contributed by atoms with Gasteiger partial charge in [0, 0.05) is 10.5 Å². The van der Waals surface area contributed by atoms with Gasteiger partial charge in [-0.25, -0.2) is 0 Å². The minimum absolute atomic E-state index is 0.00579. The van der Waals surface area contributed by atoms with Gasteiger partial charge in [0.25, 0.3) is 5.69 Å². The zero-order valence-corrected chi connectivity index (χ0v) is 12.1. The largest absolute Gasteiger partial charge is 0.457 e. The van der Waals surface area contributed by atoms with Crippen LogP contribution in [0.1, 0.15) is 11.1 Å². The SMILES string of the molecule is Cc1cc(C)cc(Oc2cc(Br)cc([N+](=O)[O-])c2)c1. The van der Waals surface area contributed by atoms with Crippen LogP contribution in [-0.2, 0) is 0 Å². The molecular formula is C14H12BrNO3. The van der Waals surface area contributed by atoms with Crippen molar-refractivity contribution in [2.75, 3.05) is 0 Å². The summed E-state index contributed by atoms with van der Waals surface area (Å²) in [4.78, 5) is 10.3. The summed E-state index contributed by atoms with van der Waals surface area (Å²) in [6.45, 7) is 3.95. The van der Waals surface area contributed by atoms with Gasteiger partial charge in [-0.2, -0.15) is 0 Å². The Labute approximate surface area is 119 Å². The predicted octanol–water partition coefficient (Wildman–Crippen LogP) is 4.77. The molecule has 2 aromatic rings. The van der Waals surface area contributed by atoms with Crippen molar-refractivity contribution in [3.8, 4) is 11.5 Å². The Morgan fingerprint density at radius 2 is 1.58 bits per heavy atom. The van der Waals surface area contributed by atoms with E-state index in [1.165, 1.54) is 12.1 Å². The Bertz CT molecular complexity index is 620. The van der Waals surface area contributed by atoms with Gasteiger partial charge in [0.1, 0.15) is 11.5 Å². The van der Waals surface area contributed by atoms with Crippen LogP contribution in [0, 0.1) is 24.0 Å². The molecule has 0 aromatic heterocycles. The molecule has 0 unspecified atom stereocenters. The maximum absolute atomic E-state index is 10.8. The molecule has 0 aliphatic carbocycles.